The van der Waals surface area contributed by atoms with Gasteiger partial charge in [-0.15, -0.1) is 0 Å². The van der Waals surface area contributed by atoms with Crippen LogP contribution in [0.4, 0.5) is 0 Å². The van der Waals surface area contributed by atoms with E-state index >= 15 is 0 Å². The highest BCUT2D eigenvalue weighted by atomic mass is 32.1. The van der Waals surface area contributed by atoms with E-state index in [9.17, 15) is 9.59 Å². The Labute approximate surface area is 252 Å². The minimum absolute atomic E-state index is 0.212. The number of benzene rings is 3. The number of ether oxygens (including phenoxy) is 2. The van der Waals surface area contributed by atoms with Crippen LogP contribution >= 0.6 is 11.3 Å². The fourth-order valence-corrected chi connectivity index (χ4v) is 6.54. The van der Waals surface area contributed by atoms with Crippen molar-refractivity contribution < 1.29 is 14.3 Å². The summed E-state index contributed by atoms with van der Waals surface area (Å²) in [6, 6.07) is 22.9. The number of aromatic amines is 1. The first kappa shape index (κ1) is 28.2. The number of hydrogen-bond donors (Lipinski definition) is 1. The van der Waals surface area contributed by atoms with Gasteiger partial charge in [-0.2, -0.15) is 0 Å². The lowest BCUT2D eigenvalue weighted by Crippen LogP contribution is -2.39. The largest absolute Gasteiger partial charge is 0.490 e. The van der Waals surface area contributed by atoms with Crippen molar-refractivity contribution in [2.45, 2.75) is 26.8 Å². The molecule has 0 aliphatic carbocycles. The minimum atomic E-state index is -0.704. The molecule has 5 aromatic rings. The Kier molecular flexibility index (Phi) is 7.69. The lowest BCUT2D eigenvalue weighted by Gasteiger charge is -2.24. The number of fused-ring (bicyclic) bond motifs is 2. The number of hydrogen-bond acceptors (Lipinski definition) is 6. The predicted octanol–water partition coefficient (Wildman–Crippen LogP) is 5.82. The molecule has 0 amide bonds. The summed E-state index contributed by atoms with van der Waals surface area (Å²) < 4.78 is 13.2. The van der Waals surface area contributed by atoms with E-state index in [2.05, 4.69) is 42.8 Å². The third-order valence-electron chi connectivity index (χ3n) is 7.50. The SMILES string of the molecule is C=CCOc1ccc([C@H]2C(C(=O)OCC)=C(C)N=c3s/c(=C\c4c(-c5ccccc5)[nH]c5c(C)cccc45)c(=O)n32)cc1. The van der Waals surface area contributed by atoms with E-state index in [1.54, 1.807) is 24.5 Å². The molecule has 1 aliphatic rings. The highest BCUT2D eigenvalue weighted by Crippen LogP contribution is 2.34. The summed E-state index contributed by atoms with van der Waals surface area (Å²) >= 11 is 1.31. The molecule has 2 aromatic heterocycles. The second-order valence-corrected chi connectivity index (χ2v) is 11.3. The lowest BCUT2D eigenvalue weighted by atomic mass is 9.96. The number of para-hydroxylation sites is 1. The van der Waals surface area contributed by atoms with Crippen LogP contribution in [0.3, 0.4) is 0 Å². The fourth-order valence-electron chi connectivity index (χ4n) is 5.51. The number of aromatic nitrogens is 2. The molecule has 3 aromatic carbocycles. The van der Waals surface area contributed by atoms with Crippen molar-refractivity contribution in [2.75, 3.05) is 13.2 Å². The normalized spacial score (nSPS) is 14.9. The maximum absolute atomic E-state index is 14.3. The zero-order valence-corrected chi connectivity index (χ0v) is 25.0. The molecular weight excluding hydrogens is 558 g/mol. The third kappa shape index (κ3) is 5.15. The molecule has 0 saturated heterocycles. The molecular formula is C35H31N3O4S. The van der Waals surface area contributed by atoms with E-state index in [4.69, 9.17) is 14.5 Å². The van der Waals surface area contributed by atoms with E-state index in [0.717, 1.165) is 38.9 Å². The highest BCUT2D eigenvalue weighted by Gasteiger charge is 2.33. The van der Waals surface area contributed by atoms with Crippen molar-refractivity contribution in [3.63, 3.8) is 0 Å². The van der Waals surface area contributed by atoms with Gasteiger partial charge in [0, 0.05) is 16.5 Å². The van der Waals surface area contributed by atoms with E-state index < -0.39 is 12.0 Å². The number of aryl methyl sites for hydroxylation is 1. The molecule has 0 spiro atoms. The minimum Gasteiger partial charge on any atom is -0.490 e. The molecule has 7 nitrogen and oxygen atoms in total. The van der Waals surface area contributed by atoms with Gasteiger partial charge in [-0.3, -0.25) is 9.36 Å². The first-order chi connectivity index (χ1) is 20.9. The van der Waals surface area contributed by atoms with Crippen LogP contribution in [0.5, 0.6) is 5.75 Å². The van der Waals surface area contributed by atoms with Crippen molar-refractivity contribution in [1.29, 1.82) is 0 Å². The Morgan fingerprint density at radius 2 is 1.84 bits per heavy atom. The van der Waals surface area contributed by atoms with Crippen LogP contribution in [0, 0.1) is 6.92 Å². The Hall–Kier alpha value is -4.95. The first-order valence-electron chi connectivity index (χ1n) is 14.1. The molecule has 0 bridgehead atoms. The van der Waals surface area contributed by atoms with Crippen LogP contribution in [0.15, 0.2) is 107 Å². The molecule has 0 radical (unpaired) electrons. The molecule has 8 heteroatoms. The molecule has 1 atom stereocenters. The first-order valence-corrected chi connectivity index (χ1v) is 14.9. The molecule has 0 saturated carbocycles. The number of thiazole rings is 1. The van der Waals surface area contributed by atoms with Gasteiger partial charge in [-0.1, -0.05) is 84.7 Å². The molecule has 0 fully saturated rings. The second kappa shape index (κ2) is 11.7. The van der Waals surface area contributed by atoms with Gasteiger partial charge in [0.15, 0.2) is 4.80 Å². The summed E-state index contributed by atoms with van der Waals surface area (Å²) in [6.07, 6.45) is 3.62. The van der Waals surface area contributed by atoms with Gasteiger partial charge in [0.1, 0.15) is 12.4 Å². The van der Waals surface area contributed by atoms with Crippen molar-refractivity contribution >= 4 is 34.3 Å². The zero-order chi connectivity index (χ0) is 30.1. The Morgan fingerprint density at radius 1 is 1.07 bits per heavy atom. The number of allylic oxidation sites excluding steroid dienone is 1. The van der Waals surface area contributed by atoms with Gasteiger partial charge >= 0.3 is 5.97 Å². The molecule has 0 unspecified atom stereocenters. The van der Waals surface area contributed by atoms with Crippen molar-refractivity contribution in [1.82, 2.24) is 9.55 Å². The summed E-state index contributed by atoms with van der Waals surface area (Å²) in [4.78, 5) is 36.4. The number of carbonyl (C=O) groups excluding carboxylic acids is 1. The Bertz CT molecular complexity index is 2070. The topological polar surface area (TPSA) is 85.7 Å². The number of nitrogens with zero attached hydrogens (tertiary/aromatic N) is 2. The fraction of sp³-hybridized carbons (Fsp3) is 0.171. The number of esters is 1. The summed E-state index contributed by atoms with van der Waals surface area (Å²) in [5, 5.41) is 1.03. The van der Waals surface area contributed by atoms with Crippen LogP contribution in [0.25, 0.3) is 28.2 Å². The molecule has 1 aliphatic heterocycles. The van der Waals surface area contributed by atoms with Crippen molar-refractivity contribution in [2.24, 2.45) is 4.99 Å². The number of rotatable bonds is 8. The summed E-state index contributed by atoms with van der Waals surface area (Å²) in [6.45, 7) is 9.90. The number of H-pyrrole nitrogens is 1. The zero-order valence-electron chi connectivity index (χ0n) is 24.2. The van der Waals surface area contributed by atoms with E-state index in [1.165, 1.54) is 11.3 Å². The smallest absolute Gasteiger partial charge is 0.338 e. The predicted molar refractivity (Wildman–Crippen MR) is 171 cm³/mol. The van der Waals surface area contributed by atoms with E-state index in [0.29, 0.717) is 33.0 Å². The summed E-state index contributed by atoms with van der Waals surface area (Å²) in [5.41, 5.74) is 6.42. The maximum Gasteiger partial charge on any atom is 0.338 e. The lowest BCUT2D eigenvalue weighted by molar-refractivity contribution is -0.139. The maximum atomic E-state index is 14.3. The van der Waals surface area contributed by atoms with Gasteiger partial charge in [0.25, 0.3) is 5.56 Å². The van der Waals surface area contributed by atoms with E-state index in [-0.39, 0.29) is 12.2 Å². The van der Waals surface area contributed by atoms with Crippen LogP contribution in [-0.4, -0.2) is 28.7 Å². The quantitative estimate of drug-likeness (QED) is 0.183. The molecule has 1 N–H and O–H groups in total. The third-order valence-corrected chi connectivity index (χ3v) is 8.48. The van der Waals surface area contributed by atoms with Gasteiger partial charge < -0.3 is 14.5 Å². The molecule has 216 valence electrons. The molecule has 3 heterocycles. The Morgan fingerprint density at radius 3 is 2.56 bits per heavy atom. The van der Waals surface area contributed by atoms with E-state index in [1.807, 2.05) is 54.6 Å². The van der Waals surface area contributed by atoms with Crippen molar-refractivity contribution in [3.05, 3.63) is 133 Å². The monoisotopic (exact) mass is 589 g/mol. The van der Waals surface area contributed by atoms with Gasteiger partial charge in [0.2, 0.25) is 0 Å². The van der Waals surface area contributed by atoms with Gasteiger partial charge in [-0.25, -0.2) is 9.79 Å². The van der Waals surface area contributed by atoms with Crippen LogP contribution in [0.2, 0.25) is 0 Å². The average molecular weight is 590 g/mol. The summed E-state index contributed by atoms with van der Waals surface area (Å²) in [5.74, 6) is 0.172. The van der Waals surface area contributed by atoms with Gasteiger partial charge in [0.05, 0.1) is 34.1 Å². The highest BCUT2D eigenvalue weighted by molar-refractivity contribution is 7.07. The van der Waals surface area contributed by atoms with Crippen molar-refractivity contribution in [3.8, 4) is 17.0 Å². The molecule has 6 rings (SSSR count). The van der Waals surface area contributed by atoms with Crippen LogP contribution < -0.4 is 19.6 Å². The standard InChI is InChI=1S/C35H31N3O4S/c1-5-19-42-25-17-15-24(16-18-25)32-29(34(40)41-6-2)22(4)36-35-38(32)33(39)28(43-35)20-27-26-14-10-11-21(3)30(26)37-31(27)23-12-8-7-9-13-23/h5,7-18,20,32,37H,1,6,19H2,2-4H3/b28-20-/t32-/m0/s1. The number of carbonyl (C=O) groups is 1. The number of nitrogens with one attached hydrogen (secondary N) is 1. The average Bonchev–Trinajstić information content (AvgIpc) is 3.54. The Balaban J connectivity index is 1.57. The van der Waals surface area contributed by atoms with Crippen LogP contribution in [0.1, 0.15) is 36.6 Å². The molecule has 43 heavy (non-hydrogen) atoms. The summed E-state index contributed by atoms with van der Waals surface area (Å²) in [7, 11) is 0. The van der Waals surface area contributed by atoms with Gasteiger partial charge in [-0.05, 0) is 55.7 Å². The van der Waals surface area contributed by atoms with Crippen LogP contribution in [-0.2, 0) is 9.53 Å². The second-order valence-electron chi connectivity index (χ2n) is 10.2.